The Morgan fingerprint density at radius 2 is 1.84 bits per heavy atom. The summed E-state index contributed by atoms with van der Waals surface area (Å²) < 4.78 is 0. The van der Waals surface area contributed by atoms with Crippen molar-refractivity contribution in [3.63, 3.8) is 0 Å². The van der Waals surface area contributed by atoms with Crippen LogP contribution in [0.1, 0.15) is 44.6 Å². The fourth-order valence-electron chi connectivity index (χ4n) is 4.35. The fraction of sp³-hybridized carbons (Fsp3) is 0.500. The van der Waals surface area contributed by atoms with E-state index >= 15 is 0 Å². The van der Waals surface area contributed by atoms with Crippen LogP contribution in [0.3, 0.4) is 0 Å². The third-order valence-electron chi connectivity index (χ3n) is 6.24. The third-order valence-corrected chi connectivity index (χ3v) is 6.24. The number of nitrogens with zero attached hydrogens (tertiary/aromatic N) is 4. The van der Waals surface area contributed by atoms with E-state index in [1.54, 1.807) is 17.3 Å². The number of unbranched alkanes of at least 4 members (excludes halogenated alkanes) is 1. The van der Waals surface area contributed by atoms with E-state index in [2.05, 4.69) is 39.2 Å². The number of carbonyl (C=O) groups excluding carboxylic acids is 2. The summed E-state index contributed by atoms with van der Waals surface area (Å²) >= 11 is 0. The number of benzene rings is 1. The molecule has 31 heavy (non-hydrogen) atoms. The first-order valence-electron chi connectivity index (χ1n) is 11.4. The lowest BCUT2D eigenvalue weighted by Crippen LogP contribution is -2.47. The van der Waals surface area contributed by atoms with E-state index in [-0.39, 0.29) is 30.2 Å². The molecule has 2 aliphatic rings. The molecule has 3 heterocycles. The minimum absolute atomic E-state index is 0.00942. The first-order valence-corrected chi connectivity index (χ1v) is 11.4. The molecule has 0 saturated carbocycles. The van der Waals surface area contributed by atoms with Crippen molar-refractivity contribution in [3.05, 3.63) is 48.3 Å². The molecule has 4 rings (SSSR count). The topological polar surface area (TPSA) is 78.4 Å². The van der Waals surface area contributed by atoms with Crippen molar-refractivity contribution >= 4 is 23.5 Å². The number of anilines is 2. The van der Waals surface area contributed by atoms with Gasteiger partial charge in [-0.15, -0.1) is 0 Å². The molecule has 2 saturated heterocycles. The Bertz CT molecular complexity index is 879. The molecule has 1 aromatic heterocycles. The van der Waals surface area contributed by atoms with Crippen molar-refractivity contribution in [2.75, 3.05) is 29.4 Å². The van der Waals surface area contributed by atoms with Crippen LogP contribution in [0.2, 0.25) is 0 Å². The van der Waals surface area contributed by atoms with Crippen molar-refractivity contribution in [3.8, 4) is 0 Å². The molecule has 2 aromatic rings. The van der Waals surface area contributed by atoms with Crippen LogP contribution in [0.5, 0.6) is 0 Å². The zero-order chi connectivity index (χ0) is 21.6. The molecule has 0 aliphatic carbocycles. The van der Waals surface area contributed by atoms with Gasteiger partial charge in [0.25, 0.3) is 0 Å². The lowest BCUT2D eigenvalue weighted by Gasteiger charge is -2.32. The number of carbonyl (C=O) groups is 2. The van der Waals surface area contributed by atoms with E-state index in [0.717, 1.165) is 44.0 Å². The van der Waals surface area contributed by atoms with Crippen LogP contribution in [0, 0.1) is 5.92 Å². The second kappa shape index (κ2) is 9.90. The molecule has 7 nitrogen and oxygen atoms in total. The normalized spacial score (nSPS) is 19.6. The summed E-state index contributed by atoms with van der Waals surface area (Å²) in [5.74, 6) is 0.468. The van der Waals surface area contributed by atoms with E-state index in [1.165, 1.54) is 18.4 Å². The summed E-state index contributed by atoms with van der Waals surface area (Å²) in [6.45, 7) is 4.27. The number of amides is 2. The molecule has 1 N–H and O–H groups in total. The number of hydrogen-bond donors (Lipinski definition) is 1. The van der Waals surface area contributed by atoms with Crippen molar-refractivity contribution in [2.45, 2.75) is 51.5 Å². The van der Waals surface area contributed by atoms with Crippen molar-refractivity contribution in [2.24, 2.45) is 5.92 Å². The Hall–Kier alpha value is -2.96. The third kappa shape index (κ3) is 5.21. The Balaban J connectivity index is 1.28. The van der Waals surface area contributed by atoms with Crippen LogP contribution in [0.4, 0.5) is 11.6 Å². The van der Waals surface area contributed by atoms with Gasteiger partial charge >= 0.3 is 0 Å². The second-order valence-corrected chi connectivity index (χ2v) is 8.49. The molecular weight excluding hydrogens is 390 g/mol. The van der Waals surface area contributed by atoms with Crippen LogP contribution in [-0.2, 0) is 16.0 Å². The van der Waals surface area contributed by atoms with E-state index in [9.17, 15) is 9.59 Å². The summed E-state index contributed by atoms with van der Waals surface area (Å²) in [6, 6.07) is 10.1. The highest BCUT2D eigenvalue weighted by Gasteiger charge is 2.36. The average molecular weight is 422 g/mol. The second-order valence-electron chi connectivity index (χ2n) is 8.49. The van der Waals surface area contributed by atoms with Gasteiger partial charge < -0.3 is 15.1 Å². The smallest absolute Gasteiger partial charge is 0.227 e. The van der Waals surface area contributed by atoms with Gasteiger partial charge in [-0.3, -0.25) is 9.59 Å². The predicted octanol–water partition coefficient (Wildman–Crippen LogP) is 2.96. The first-order chi connectivity index (χ1) is 15.1. The zero-order valence-electron chi connectivity index (χ0n) is 18.2. The van der Waals surface area contributed by atoms with Gasteiger partial charge in [-0.05, 0) is 49.4 Å². The predicted molar refractivity (Wildman–Crippen MR) is 121 cm³/mol. The summed E-state index contributed by atoms with van der Waals surface area (Å²) in [5, 5.41) is 3.17. The number of aromatic nitrogens is 2. The highest BCUT2D eigenvalue weighted by atomic mass is 16.2. The van der Waals surface area contributed by atoms with E-state index in [1.807, 2.05) is 18.2 Å². The fourth-order valence-corrected chi connectivity index (χ4v) is 4.35. The van der Waals surface area contributed by atoms with Crippen molar-refractivity contribution in [1.82, 2.24) is 15.3 Å². The summed E-state index contributed by atoms with van der Waals surface area (Å²) in [5.41, 5.74) is 2.18. The molecule has 2 amide bonds. The van der Waals surface area contributed by atoms with Gasteiger partial charge in [0, 0.05) is 50.2 Å². The Kier molecular flexibility index (Phi) is 6.79. The summed E-state index contributed by atoms with van der Waals surface area (Å²) in [7, 11) is 0. The minimum atomic E-state index is -0.289. The van der Waals surface area contributed by atoms with Gasteiger partial charge in [0.15, 0.2) is 0 Å². The highest BCUT2D eigenvalue weighted by Crippen LogP contribution is 2.26. The Labute approximate surface area is 183 Å². The van der Waals surface area contributed by atoms with Gasteiger partial charge in [0.2, 0.25) is 17.8 Å². The van der Waals surface area contributed by atoms with Crippen LogP contribution in [-0.4, -0.2) is 47.5 Å². The molecule has 1 unspecified atom stereocenters. The maximum Gasteiger partial charge on any atom is 0.227 e. The van der Waals surface area contributed by atoms with Gasteiger partial charge in [-0.1, -0.05) is 25.5 Å². The number of rotatable bonds is 7. The maximum absolute atomic E-state index is 12.8. The van der Waals surface area contributed by atoms with Gasteiger partial charge in [0.1, 0.15) is 0 Å². The quantitative estimate of drug-likeness (QED) is 0.744. The number of piperidine rings is 1. The molecular formula is C24H31N5O2. The molecule has 0 bridgehead atoms. The number of aryl methyl sites for hydroxylation is 1. The molecule has 1 aromatic carbocycles. The first kappa shape index (κ1) is 21.3. The molecule has 2 fully saturated rings. The molecule has 164 valence electrons. The van der Waals surface area contributed by atoms with Crippen LogP contribution in [0.25, 0.3) is 0 Å². The monoisotopic (exact) mass is 421 g/mol. The van der Waals surface area contributed by atoms with Crippen molar-refractivity contribution < 1.29 is 9.59 Å². The summed E-state index contributed by atoms with van der Waals surface area (Å²) in [4.78, 5) is 37.9. The molecule has 0 spiro atoms. The molecule has 0 radical (unpaired) electrons. The number of nitrogens with one attached hydrogen (secondary N) is 1. The molecule has 7 heteroatoms. The van der Waals surface area contributed by atoms with Crippen LogP contribution >= 0.6 is 0 Å². The lowest BCUT2D eigenvalue weighted by molar-refractivity contribution is -0.127. The van der Waals surface area contributed by atoms with Gasteiger partial charge in [-0.2, -0.15) is 0 Å². The largest absolute Gasteiger partial charge is 0.353 e. The average Bonchev–Trinajstić information content (AvgIpc) is 3.21. The molecule has 2 aliphatic heterocycles. The van der Waals surface area contributed by atoms with Gasteiger partial charge in [-0.25, -0.2) is 9.97 Å². The van der Waals surface area contributed by atoms with Crippen LogP contribution in [0.15, 0.2) is 42.7 Å². The summed E-state index contributed by atoms with van der Waals surface area (Å²) in [6.07, 6.45) is 8.88. The Morgan fingerprint density at radius 3 is 2.52 bits per heavy atom. The highest BCUT2D eigenvalue weighted by molar-refractivity contribution is 6.00. The van der Waals surface area contributed by atoms with E-state index in [4.69, 9.17) is 0 Å². The van der Waals surface area contributed by atoms with Crippen LogP contribution < -0.4 is 15.1 Å². The minimum Gasteiger partial charge on any atom is -0.353 e. The Morgan fingerprint density at radius 1 is 1.13 bits per heavy atom. The van der Waals surface area contributed by atoms with E-state index < -0.39 is 0 Å². The molecule has 1 atom stereocenters. The standard InChI is InChI=1S/C24H31N5O2/c1-2-3-5-18-6-8-21(9-7-18)29-17-19(16-22(29)30)23(31)27-20-10-14-28(15-11-20)24-25-12-4-13-26-24/h4,6-9,12-13,19-20H,2-3,5,10-11,14-17H2,1H3,(H,27,31). The van der Waals surface area contributed by atoms with Crippen molar-refractivity contribution in [1.29, 1.82) is 0 Å². The SMILES string of the molecule is CCCCc1ccc(N2CC(C(=O)NC3CCN(c4ncccn4)CC3)CC2=O)cc1. The maximum atomic E-state index is 12.8. The number of hydrogen-bond acceptors (Lipinski definition) is 5. The van der Waals surface area contributed by atoms with E-state index in [0.29, 0.717) is 6.54 Å². The van der Waals surface area contributed by atoms with Gasteiger partial charge in [0.05, 0.1) is 5.92 Å². The zero-order valence-corrected chi connectivity index (χ0v) is 18.2. The lowest BCUT2D eigenvalue weighted by atomic mass is 10.0.